The average Bonchev–Trinajstić information content (AvgIpc) is 2.78. The first-order valence-corrected chi connectivity index (χ1v) is 13.2. The quantitative estimate of drug-likeness (QED) is 0.368. The summed E-state index contributed by atoms with van der Waals surface area (Å²) in [6.45, 7) is 0.650. The molecule has 4 nitrogen and oxygen atoms in total. The van der Waals surface area contributed by atoms with Crippen LogP contribution in [0.15, 0.2) is 65.6 Å². The van der Waals surface area contributed by atoms with Crippen LogP contribution in [0.25, 0.3) is 0 Å². The van der Waals surface area contributed by atoms with Gasteiger partial charge in [0.25, 0.3) is 0 Å². The van der Waals surface area contributed by atoms with Crippen molar-refractivity contribution in [3.63, 3.8) is 0 Å². The second kappa shape index (κ2) is 10.4. The van der Waals surface area contributed by atoms with E-state index >= 15 is 0 Å². The highest BCUT2D eigenvalue weighted by atomic mass is 35.5. The summed E-state index contributed by atoms with van der Waals surface area (Å²) in [5.41, 5.74) is 1.84. The van der Waals surface area contributed by atoms with Gasteiger partial charge in [0.05, 0.1) is 10.9 Å². The van der Waals surface area contributed by atoms with Crippen LogP contribution in [0, 0.1) is 17.6 Å². The van der Waals surface area contributed by atoms with Crippen molar-refractivity contribution in [3.05, 3.63) is 92.9 Å². The zero-order chi connectivity index (χ0) is 24.5. The third-order valence-corrected chi connectivity index (χ3v) is 8.09. The van der Waals surface area contributed by atoms with Crippen molar-refractivity contribution >= 4 is 50.5 Å². The first-order valence-electron chi connectivity index (χ1n) is 10.6. The van der Waals surface area contributed by atoms with E-state index in [0.29, 0.717) is 40.5 Å². The maximum atomic E-state index is 13.5. The minimum absolute atomic E-state index is 0.0453. The Morgan fingerprint density at radius 1 is 0.882 bits per heavy atom. The Morgan fingerprint density at radius 2 is 1.53 bits per heavy atom. The molecule has 0 bridgehead atoms. The Bertz CT molecular complexity index is 1270. The van der Waals surface area contributed by atoms with Gasteiger partial charge >= 0.3 is 0 Å². The Hall–Kier alpha value is -1.90. The van der Waals surface area contributed by atoms with Crippen molar-refractivity contribution in [2.24, 2.45) is 5.92 Å². The molecule has 1 N–H and O–H groups in total. The fourth-order valence-corrected chi connectivity index (χ4v) is 6.04. The van der Waals surface area contributed by atoms with Gasteiger partial charge in [-0.1, -0.05) is 40.9 Å². The van der Waals surface area contributed by atoms with Gasteiger partial charge in [-0.15, -0.1) is 0 Å². The maximum absolute atomic E-state index is 13.5. The molecule has 0 saturated carbocycles. The topological polar surface area (TPSA) is 49.4 Å². The third kappa shape index (κ3) is 5.83. The van der Waals surface area contributed by atoms with Crippen LogP contribution in [0.2, 0.25) is 15.1 Å². The van der Waals surface area contributed by atoms with Gasteiger partial charge in [-0.2, -0.15) is 0 Å². The normalized spacial score (nSPS) is 18.8. The van der Waals surface area contributed by atoms with Crippen LogP contribution in [0.5, 0.6) is 0 Å². The van der Waals surface area contributed by atoms with E-state index in [4.69, 9.17) is 34.8 Å². The molecule has 34 heavy (non-hydrogen) atoms. The summed E-state index contributed by atoms with van der Waals surface area (Å²) < 4.78 is 54.8. The zero-order valence-electron chi connectivity index (χ0n) is 17.8. The molecular formula is C24H21Cl3F2N2O2S. The van der Waals surface area contributed by atoms with Crippen LogP contribution in [-0.4, -0.2) is 21.5 Å². The van der Waals surface area contributed by atoms with Gasteiger partial charge in [0, 0.05) is 39.9 Å². The lowest BCUT2D eigenvalue weighted by molar-refractivity contribution is 0.358. The molecule has 1 heterocycles. The molecular weight excluding hydrogens is 525 g/mol. The summed E-state index contributed by atoms with van der Waals surface area (Å²) in [6.07, 6.45) is 1.43. The number of sulfonamides is 1. The number of hydrogen-bond donors (Lipinski definition) is 1. The smallest absolute Gasteiger partial charge is 0.240 e. The van der Waals surface area contributed by atoms with Crippen molar-refractivity contribution in [1.29, 1.82) is 0 Å². The van der Waals surface area contributed by atoms with Crippen LogP contribution < -0.4 is 9.62 Å². The Morgan fingerprint density at radius 3 is 2.18 bits per heavy atom. The summed E-state index contributed by atoms with van der Waals surface area (Å²) in [5, 5.41) is 1.71. The predicted octanol–water partition coefficient (Wildman–Crippen LogP) is 6.86. The van der Waals surface area contributed by atoms with E-state index in [-0.39, 0.29) is 18.5 Å². The molecule has 1 aliphatic rings. The van der Waals surface area contributed by atoms with Crippen LogP contribution in [0.4, 0.5) is 14.5 Å². The van der Waals surface area contributed by atoms with Gasteiger partial charge in [0.2, 0.25) is 10.0 Å². The first kappa shape index (κ1) is 25.2. The number of anilines is 1. The molecule has 3 aromatic carbocycles. The van der Waals surface area contributed by atoms with Crippen molar-refractivity contribution in [1.82, 2.24) is 4.72 Å². The van der Waals surface area contributed by atoms with E-state index in [0.717, 1.165) is 23.4 Å². The van der Waals surface area contributed by atoms with E-state index in [1.54, 1.807) is 24.3 Å². The maximum Gasteiger partial charge on any atom is 0.240 e. The number of piperidine rings is 1. The molecule has 0 aromatic heterocycles. The van der Waals surface area contributed by atoms with Crippen molar-refractivity contribution in [3.8, 4) is 0 Å². The highest BCUT2D eigenvalue weighted by Gasteiger charge is 2.32. The van der Waals surface area contributed by atoms with Gasteiger partial charge in [-0.05, 0) is 72.9 Å². The second-order valence-corrected chi connectivity index (χ2v) is 11.3. The van der Waals surface area contributed by atoms with Gasteiger partial charge in [-0.3, -0.25) is 0 Å². The van der Waals surface area contributed by atoms with Crippen LogP contribution >= 0.6 is 34.8 Å². The van der Waals surface area contributed by atoms with Crippen molar-refractivity contribution in [2.75, 3.05) is 18.0 Å². The van der Waals surface area contributed by atoms with E-state index in [1.807, 2.05) is 18.2 Å². The largest absolute Gasteiger partial charge is 0.364 e. The molecule has 0 radical (unpaired) electrons. The number of nitrogens with zero attached hydrogens (tertiary/aromatic N) is 1. The molecule has 0 amide bonds. The standard InChI is InChI=1S/C24H21Cl3F2N2O2S/c25-16-2-5-20(6-3-16)31-14-15(1-8-24(31)22-7-4-17(26)9-23(22)27)13-30-34(32,33)21-11-18(28)10-19(29)12-21/h2-7,9-12,15,24,30H,1,8,13-14H2. The number of halogens is 5. The summed E-state index contributed by atoms with van der Waals surface area (Å²) >= 11 is 18.7. The fourth-order valence-electron chi connectivity index (χ4n) is 4.22. The third-order valence-electron chi connectivity index (χ3n) is 5.87. The first-order chi connectivity index (χ1) is 16.1. The van der Waals surface area contributed by atoms with E-state index < -0.39 is 26.6 Å². The molecule has 180 valence electrons. The molecule has 0 aliphatic carbocycles. The predicted molar refractivity (Wildman–Crippen MR) is 132 cm³/mol. The number of nitrogens with one attached hydrogen (secondary N) is 1. The number of rotatable bonds is 6. The van der Waals surface area contributed by atoms with E-state index in [9.17, 15) is 17.2 Å². The molecule has 1 saturated heterocycles. The highest BCUT2D eigenvalue weighted by Crippen LogP contribution is 2.40. The van der Waals surface area contributed by atoms with Gasteiger partial charge in [-0.25, -0.2) is 21.9 Å². The molecule has 10 heteroatoms. The minimum atomic E-state index is -4.07. The van der Waals surface area contributed by atoms with Crippen LogP contribution in [0.3, 0.4) is 0 Å². The molecule has 0 spiro atoms. The molecule has 1 aliphatic heterocycles. The summed E-state index contributed by atoms with van der Waals surface area (Å²) in [7, 11) is -4.07. The monoisotopic (exact) mass is 544 g/mol. The second-order valence-electron chi connectivity index (χ2n) is 8.21. The lowest BCUT2D eigenvalue weighted by Crippen LogP contribution is -2.42. The highest BCUT2D eigenvalue weighted by molar-refractivity contribution is 7.89. The molecule has 3 aromatic rings. The van der Waals surface area contributed by atoms with E-state index in [1.165, 1.54) is 0 Å². The summed E-state index contributed by atoms with van der Waals surface area (Å²) in [5.74, 6) is -1.95. The summed E-state index contributed by atoms with van der Waals surface area (Å²) in [6, 6.07) is 15.0. The molecule has 1 fully saturated rings. The van der Waals surface area contributed by atoms with Crippen LogP contribution in [0.1, 0.15) is 24.4 Å². The lowest BCUT2D eigenvalue weighted by atomic mass is 9.88. The van der Waals surface area contributed by atoms with Gasteiger partial charge in [0.15, 0.2) is 0 Å². The fraction of sp³-hybridized carbons (Fsp3) is 0.250. The van der Waals surface area contributed by atoms with Crippen molar-refractivity contribution in [2.45, 2.75) is 23.8 Å². The lowest BCUT2D eigenvalue weighted by Gasteiger charge is -2.42. The Kier molecular flexibility index (Phi) is 7.69. The zero-order valence-corrected chi connectivity index (χ0v) is 20.9. The molecule has 2 atom stereocenters. The van der Waals surface area contributed by atoms with Crippen molar-refractivity contribution < 1.29 is 17.2 Å². The van der Waals surface area contributed by atoms with Crippen LogP contribution in [-0.2, 0) is 10.0 Å². The minimum Gasteiger partial charge on any atom is -0.364 e. The number of benzene rings is 3. The Labute approximate surface area is 212 Å². The van der Waals surface area contributed by atoms with Gasteiger partial charge in [0.1, 0.15) is 11.6 Å². The van der Waals surface area contributed by atoms with E-state index in [2.05, 4.69) is 9.62 Å². The SMILES string of the molecule is O=S(=O)(NCC1CCC(c2ccc(Cl)cc2Cl)N(c2ccc(Cl)cc2)C1)c1cc(F)cc(F)c1. The molecule has 2 unspecified atom stereocenters. The van der Waals surface area contributed by atoms with Gasteiger partial charge < -0.3 is 4.90 Å². The number of hydrogen-bond acceptors (Lipinski definition) is 3. The summed E-state index contributed by atoms with van der Waals surface area (Å²) in [4.78, 5) is 1.72. The average molecular weight is 546 g/mol. The molecule has 4 rings (SSSR count). The Balaban J connectivity index is 1.55.